The van der Waals surface area contributed by atoms with Crippen molar-refractivity contribution in [2.45, 2.75) is 32.7 Å². The number of carbonyl (C=O) groups excluding carboxylic acids is 1. The second-order valence-corrected chi connectivity index (χ2v) is 5.57. The molecule has 0 heterocycles. The summed E-state index contributed by atoms with van der Waals surface area (Å²) < 4.78 is 0. The summed E-state index contributed by atoms with van der Waals surface area (Å²) in [5, 5.41) is 11.7. The first-order valence-corrected chi connectivity index (χ1v) is 6.53. The van der Waals surface area contributed by atoms with Gasteiger partial charge in [0.25, 0.3) is 5.91 Å². The molecular formula is C16H19NO2. The van der Waals surface area contributed by atoms with E-state index in [4.69, 9.17) is 5.11 Å². The number of amides is 1. The van der Waals surface area contributed by atoms with E-state index >= 15 is 0 Å². The van der Waals surface area contributed by atoms with Gasteiger partial charge in [-0.3, -0.25) is 4.79 Å². The summed E-state index contributed by atoms with van der Waals surface area (Å²) in [5.41, 5.74) is 1.76. The van der Waals surface area contributed by atoms with Crippen molar-refractivity contribution in [2.24, 2.45) is 5.41 Å². The third kappa shape index (κ3) is 3.59. The van der Waals surface area contributed by atoms with Crippen molar-refractivity contribution < 1.29 is 9.90 Å². The average molecular weight is 257 g/mol. The van der Waals surface area contributed by atoms with Crippen molar-refractivity contribution >= 4 is 5.91 Å². The van der Waals surface area contributed by atoms with Gasteiger partial charge in [-0.2, -0.15) is 0 Å². The molecule has 19 heavy (non-hydrogen) atoms. The molecule has 0 saturated heterocycles. The molecule has 2 rings (SSSR count). The Morgan fingerprint density at radius 3 is 2.58 bits per heavy atom. The van der Waals surface area contributed by atoms with Crippen LogP contribution in [0.1, 0.15) is 42.6 Å². The van der Waals surface area contributed by atoms with E-state index in [9.17, 15) is 4.79 Å². The van der Waals surface area contributed by atoms with Crippen molar-refractivity contribution in [3.8, 4) is 11.8 Å². The third-order valence-corrected chi connectivity index (χ3v) is 3.44. The average Bonchev–Trinajstić information content (AvgIpc) is 2.97. The number of rotatable bonds is 3. The molecule has 1 amide bonds. The van der Waals surface area contributed by atoms with Crippen LogP contribution in [-0.2, 0) is 0 Å². The summed E-state index contributed by atoms with van der Waals surface area (Å²) in [7, 11) is 0. The molecule has 3 nitrogen and oxygen atoms in total. The number of nitrogens with one attached hydrogen (secondary N) is 1. The van der Waals surface area contributed by atoms with Crippen molar-refractivity contribution in [3.63, 3.8) is 0 Å². The largest absolute Gasteiger partial charge is 0.395 e. The van der Waals surface area contributed by atoms with Gasteiger partial charge in [0, 0.05) is 23.6 Å². The number of aliphatic hydroxyl groups is 1. The molecule has 1 aliphatic rings. The molecule has 1 fully saturated rings. The Morgan fingerprint density at radius 1 is 1.42 bits per heavy atom. The smallest absolute Gasteiger partial charge is 0.251 e. The van der Waals surface area contributed by atoms with Crippen LogP contribution >= 0.6 is 0 Å². The molecule has 1 saturated carbocycles. The van der Waals surface area contributed by atoms with Crippen LogP contribution in [-0.4, -0.2) is 23.7 Å². The molecule has 0 bridgehead atoms. The predicted molar refractivity (Wildman–Crippen MR) is 74.7 cm³/mol. The Kier molecular flexibility index (Phi) is 3.92. The highest BCUT2D eigenvalue weighted by atomic mass is 16.2. The fourth-order valence-corrected chi connectivity index (χ4v) is 1.88. The molecule has 1 aliphatic carbocycles. The maximum atomic E-state index is 12.0. The Bertz CT molecular complexity index is 520. The zero-order valence-corrected chi connectivity index (χ0v) is 11.4. The molecular weight excluding hydrogens is 238 g/mol. The molecule has 0 aromatic heterocycles. The lowest BCUT2D eigenvalue weighted by atomic mass is 10.1. The number of hydrogen-bond donors (Lipinski definition) is 2. The highest BCUT2D eigenvalue weighted by molar-refractivity contribution is 5.94. The maximum absolute atomic E-state index is 12.0. The summed E-state index contributed by atoms with van der Waals surface area (Å²) in [6, 6.07) is 7.53. The molecule has 1 aromatic carbocycles. The first-order chi connectivity index (χ1) is 9.03. The molecule has 1 aromatic rings. The minimum Gasteiger partial charge on any atom is -0.395 e. The van der Waals surface area contributed by atoms with Gasteiger partial charge in [0.1, 0.15) is 0 Å². The lowest BCUT2D eigenvalue weighted by molar-refractivity contribution is 0.0946. The summed E-state index contributed by atoms with van der Waals surface area (Å²) in [6.45, 7) is 4.38. The number of aliphatic hydroxyl groups excluding tert-OH is 1. The Morgan fingerprint density at radius 2 is 2.05 bits per heavy atom. The highest BCUT2D eigenvalue weighted by Crippen LogP contribution is 2.44. The van der Waals surface area contributed by atoms with Crippen LogP contribution in [0.3, 0.4) is 0 Å². The van der Waals surface area contributed by atoms with Crippen LogP contribution in [0, 0.1) is 17.3 Å². The normalized spacial score (nSPS) is 19.2. The zero-order valence-electron chi connectivity index (χ0n) is 11.4. The van der Waals surface area contributed by atoms with Gasteiger partial charge in [-0.25, -0.2) is 0 Å². The minimum absolute atomic E-state index is 0.0227. The van der Waals surface area contributed by atoms with E-state index in [-0.39, 0.29) is 17.9 Å². The first kappa shape index (κ1) is 13.6. The lowest BCUT2D eigenvalue weighted by Crippen LogP contribution is -2.28. The second kappa shape index (κ2) is 5.46. The monoisotopic (exact) mass is 257 g/mol. The van der Waals surface area contributed by atoms with E-state index in [1.807, 2.05) is 12.1 Å². The predicted octanol–water partition coefficient (Wildman–Crippen LogP) is 1.95. The van der Waals surface area contributed by atoms with E-state index < -0.39 is 0 Å². The summed E-state index contributed by atoms with van der Waals surface area (Å²) in [4.78, 5) is 12.0. The van der Waals surface area contributed by atoms with Crippen molar-refractivity contribution in [1.82, 2.24) is 5.32 Å². The second-order valence-electron chi connectivity index (χ2n) is 5.57. The van der Waals surface area contributed by atoms with E-state index in [0.29, 0.717) is 18.0 Å². The lowest BCUT2D eigenvalue weighted by Gasteiger charge is -2.06. The van der Waals surface area contributed by atoms with Crippen molar-refractivity contribution in [1.29, 1.82) is 0 Å². The molecule has 0 radical (unpaired) electrons. The van der Waals surface area contributed by atoms with Gasteiger partial charge in [0.2, 0.25) is 0 Å². The zero-order chi connectivity index (χ0) is 13.9. The number of benzene rings is 1. The number of hydrogen-bond acceptors (Lipinski definition) is 2. The maximum Gasteiger partial charge on any atom is 0.251 e. The third-order valence-electron chi connectivity index (χ3n) is 3.44. The van der Waals surface area contributed by atoms with Crippen LogP contribution in [0.4, 0.5) is 0 Å². The van der Waals surface area contributed by atoms with Crippen LogP contribution in [0.15, 0.2) is 24.3 Å². The standard InChI is InChI=1S/C16H19NO2/c1-16(2)11-14(16)17-15(19)13-8-6-12(7-9-13)5-3-4-10-18/h6-9,14,18H,4,10-11H2,1-2H3,(H,17,19). The van der Waals surface area contributed by atoms with Crippen molar-refractivity contribution in [2.75, 3.05) is 6.61 Å². The Labute approximate surface area is 114 Å². The van der Waals surface area contributed by atoms with Crippen LogP contribution < -0.4 is 5.32 Å². The molecule has 0 spiro atoms. The van der Waals surface area contributed by atoms with Crippen LogP contribution in [0.5, 0.6) is 0 Å². The fraction of sp³-hybridized carbons (Fsp3) is 0.438. The van der Waals surface area contributed by atoms with Gasteiger partial charge in [0.15, 0.2) is 0 Å². The van der Waals surface area contributed by atoms with E-state index in [2.05, 4.69) is 31.0 Å². The van der Waals surface area contributed by atoms with E-state index in [0.717, 1.165) is 12.0 Å². The van der Waals surface area contributed by atoms with Gasteiger partial charge < -0.3 is 10.4 Å². The molecule has 1 atom stereocenters. The first-order valence-electron chi connectivity index (χ1n) is 6.53. The van der Waals surface area contributed by atoms with Gasteiger partial charge >= 0.3 is 0 Å². The summed E-state index contributed by atoms with van der Waals surface area (Å²) in [5.74, 6) is 5.77. The summed E-state index contributed by atoms with van der Waals surface area (Å²) >= 11 is 0. The molecule has 100 valence electrons. The van der Waals surface area contributed by atoms with Crippen LogP contribution in [0.2, 0.25) is 0 Å². The van der Waals surface area contributed by atoms with Gasteiger partial charge in [0.05, 0.1) is 6.61 Å². The van der Waals surface area contributed by atoms with Gasteiger partial charge in [-0.05, 0) is 36.1 Å². The molecule has 1 unspecified atom stereocenters. The molecule has 3 heteroatoms. The highest BCUT2D eigenvalue weighted by Gasteiger charge is 2.46. The Hall–Kier alpha value is -1.79. The van der Waals surface area contributed by atoms with Gasteiger partial charge in [-0.1, -0.05) is 25.7 Å². The van der Waals surface area contributed by atoms with E-state index in [1.54, 1.807) is 12.1 Å². The number of carbonyl (C=O) groups is 1. The minimum atomic E-state index is -0.0227. The van der Waals surface area contributed by atoms with Gasteiger partial charge in [-0.15, -0.1) is 0 Å². The topological polar surface area (TPSA) is 49.3 Å². The fourth-order valence-electron chi connectivity index (χ4n) is 1.88. The van der Waals surface area contributed by atoms with E-state index in [1.165, 1.54) is 0 Å². The Balaban J connectivity index is 1.95. The SMILES string of the molecule is CC1(C)CC1NC(=O)c1ccc(C#CCCO)cc1. The molecule has 2 N–H and O–H groups in total. The van der Waals surface area contributed by atoms with Crippen molar-refractivity contribution in [3.05, 3.63) is 35.4 Å². The molecule has 0 aliphatic heterocycles. The quantitative estimate of drug-likeness (QED) is 0.813. The van der Waals surface area contributed by atoms with Crippen LogP contribution in [0.25, 0.3) is 0 Å². The summed E-state index contributed by atoms with van der Waals surface area (Å²) in [6.07, 6.45) is 1.52.